The standard InChI is InChI=1S/C14H24N2O5/c1-2-10-3-5-11(6-4-10)7-15-14(20)16-12(17)8-21-9-13(18)19/h10-11H,2-9H2,1H3,(H,18,19)(H2,15,16,17,20). The van der Waals surface area contributed by atoms with E-state index in [1.165, 1.54) is 19.3 Å². The third kappa shape index (κ3) is 7.65. The minimum atomic E-state index is -1.16. The van der Waals surface area contributed by atoms with E-state index in [9.17, 15) is 14.4 Å². The van der Waals surface area contributed by atoms with Gasteiger partial charge in [-0.2, -0.15) is 0 Å². The maximum absolute atomic E-state index is 11.5. The lowest BCUT2D eigenvalue weighted by molar-refractivity contribution is -0.143. The number of carboxylic acid groups (broad SMARTS) is 1. The summed E-state index contributed by atoms with van der Waals surface area (Å²) in [4.78, 5) is 33.0. The van der Waals surface area contributed by atoms with Crippen molar-refractivity contribution in [3.8, 4) is 0 Å². The zero-order valence-corrected chi connectivity index (χ0v) is 12.4. The molecule has 3 amide bonds. The normalized spacial score (nSPS) is 21.6. The van der Waals surface area contributed by atoms with Crippen LogP contribution in [0.15, 0.2) is 0 Å². The van der Waals surface area contributed by atoms with Gasteiger partial charge in [-0.05, 0) is 24.7 Å². The molecule has 120 valence electrons. The Morgan fingerprint density at radius 1 is 1.10 bits per heavy atom. The Labute approximate surface area is 124 Å². The van der Waals surface area contributed by atoms with Crippen molar-refractivity contribution in [2.45, 2.75) is 39.0 Å². The van der Waals surface area contributed by atoms with E-state index in [1.807, 2.05) is 0 Å². The second-order valence-corrected chi connectivity index (χ2v) is 5.44. The molecule has 0 unspecified atom stereocenters. The number of ether oxygens (including phenoxy) is 1. The monoisotopic (exact) mass is 300 g/mol. The number of imide groups is 1. The molecule has 1 saturated carbocycles. The van der Waals surface area contributed by atoms with Crippen LogP contribution >= 0.6 is 0 Å². The van der Waals surface area contributed by atoms with E-state index >= 15 is 0 Å². The van der Waals surface area contributed by atoms with Crippen LogP contribution in [0.25, 0.3) is 0 Å². The van der Waals surface area contributed by atoms with Gasteiger partial charge in [-0.25, -0.2) is 9.59 Å². The molecule has 0 aliphatic heterocycles. The molecule has 0 spiro atoms. The molecule has 1 fully saturated rings. The lowest BCUT2D eigenvalue weighted by atomic mass is 9.81. The van der Waals surface area contributed by atoms with Crippen molar-refractivity contribution in [1.29, 1.82) is 0 Å². The number of aliphatic carboxylic acids is 1. The molecule has 1 rings (SSSR count). The summed E-state index contributed by atoms with van der Waals surface area (Å²) in [5.74, 6) is -0.529. The third-order valence-corrected chi connectivity index (χ3v) is 3.81. The van der Waals surface area contributed by atoms with Crippen molar-refractivity contribution in [1.82, 2.24) is 10.6 Å². The maximum Gasteiger partial charge on any atom is 0.329 e. The summed E-state index contributed by atoms with van der Waals surface area (Å²) in [5, 5.41) is 13.1. The number of carbonyl (C=O) groups is 3. The van der Waals surface area contributed by atoms with Gasteiger partial charge >= 0.3 is 12.0 Å². The Bertz CT molecular complexity index is 364. The Morgan fingerprint density at radius 2 is 1.71 bits per heavy atom. The van der Waals surface area contributed by atoms with Gasteiger partial charge in [0.2, 0.25) is 0 Å². The van der Waals surface area contributed by atoms with Crippen LogP contribution in [0.4, 0.5) is 4.79 Å². The summed E-state index contributed by atoms with van der Waals surface area (Å²) in [6, 6.07) is -0.559. The Kier molecular flexibility index (Phi) is 7.74. The average Bonchev–Trinajstić information content (AvgIpc) is 2.45. The van der Waals surface area contributed by atoms with Gasteiger partial charge in [-0.15, -0.1) is 0 Å². The van der Waals surface area contributed by atoms with Gasteiger partial charge in [0.1, 0.15) is 13.2 Å². The highest BCUT2D eigenvalue weighted by molar-refractivity contribution is 5.94. The van der Waals surface area contributed by atoms with Gasteiger partial charge in [-0.1, -0.05) is 26.2 Å². The van der Waals surface area contributed by atoms with E-state index in [4.69, 9.17) is 5.11 Å². The number of nitrogens with one attached hydrogen (secondary N) is 2. The van der Waals surface area contributed by atoms with Gasteiger partial charge in [0.15, 0.2) is 0 Å². The molecule has 0 atom stereocenters. The quantitative estimate of drug-likeness (QED) is 0.653. The van der Waals surface area contributed by atoms with Gasteiger partial charge in [0.25, 0.3) is 5.91 Å². The summed E-state index contributed by atoms with van der Waals surface area (Å²) in [6.45, 7) is 1.76. The molecule has 0 aromatic rings. The molecule has 1 aliphatic carbocycles. The van der Waals surface area contributed by atoms with Crippen LogP contribution in [0.3, 0.4) is 0 Å². The summed E-state index contributed by atoms with van der Waals surface area (Å²) in [6.07, 6.45) is 5.83. The molecule has 0 aromatic carbocycles. The fourth-order valence-corrected chi connectivity index (χ4v) is 2.52. The number of urea groups is 1. The molecule has 7 nitrogen and oxygen atoms in total. The van der Waals surface area contributed by atoms with Crippen molar-refractivity contribution in [2.24, 2.45) is 11.8 Å². The number of hydrogen-bond acceptors (Lipinski definition) is 4. The second-order valence-electron chi connectivity index (χ2n) is 5.44. The fourth-order valence-electron chi connectivity index (χ4n) is 2.52. The Balaban J connectivity index is 2.11. The minimum Gasteiger partial charge on any atom is -0.480 e. The summed E-state index contributed by atoms with van der Waals surface area (Å²) in [7, 11) is 0. The molecule has 0 bridgehead atoms. The van der Waals surface area contributed by atoms with Gasteiger partial charge in [0.05, 0.1) is 0 Å². The highest BCUT2D eigenvalue weighted by atomic mass is 16.5. The molecule has 0 aromatic heterocycles. The van der Waals surface area contributed by atoms with E-state index < -0.39 is 31.1 Å². The Morgan fingerprint density at radius 3 is 2.29 bits per heavy atom. The van der Waals surface area contributed by atoms with Crippen molar-refractivity contribution in [2.75, 3.05) is 19.8 Å². The molecule has 0 radical (unpaired) electrons. The maximum atomic E-state index is 11.5. The molecule has 0 heterocycles. The number of carbonyl (C=O) groups excluding carboxylic acids is 2. The Hall–Kier alpha value is -1.63. The number of amides is 3. The average molecular weight is 300 g/mol. The van der Waals surface area contributed by atoms with Gasteiger partial charge in [-0.3, -0.25) is 10.1 Å². The molecule has 3 N–H and O–H groups in total. The summed E-state index contributed by atoms with van der Waals surface area (Å²) < 4.78 is 4.58. The first kappa shape index (κ1) is 17.4. The summed E-state index contributed by atoms with van der Waals surface area (Å²) in [5.41, 5.74) is 0. The minimum absolute atomic E-state index is 0.443. The molecule has 21 heavy (non-hydrogen) atoms. The highest BCUT2D eigenvalue weighted by Crippen LogP contribution is 2.29. The van der Waals surface area contributed by atoms with Gasteiger partial charge in [0, 0.05) is 6.54 Å². The predicted octanol–water partition coefficient (Wildman–Crippen LogP) is 1.13. The predicted molar refractivity (Wildman–Crippen MR) is 75.7 cm³/mol. The third-order valence-electron chi connectivity index (χ3n) is 3.81. The van der Waals surface area contributed by atoms with Crippen LogP contribution in [0, 0.1) is 11.8 Å². The van der Waals surface area contributed by atoms with Crippen molar-refractivity contribution < 1.29 is 24.2 Å². The molecular weight excluding hydrogens is 276 g/mol. The smallest absolute Gasteiger partial charge is 0.329 e. The van der Waals surface area contributed by atoms with Crippen molar-refractivity contribution >= 4 is 17.9 Å². The lowest BCUT2D eigenvalue weighted by Crippen LogP contribution is -2.43. The van der Waals surface area contributed by atoms with Crippen LogP contribution in [0.2, 0.25) is 0 Å². The molecule has 0 saturated heterocycles. The lowest BCUT2D eigenvalue weighted by Gasteiger charge is -2.27. The van der Waals surface area contributed by atoms with Crippen molar-refractivity contribution in [3.05, 3.63) is 0 Å². The topological polar surface area (TPSA) is 105 Å². The van der Waals surface area contributed by atoms with E-state index in [0.29, 0.717) is 12.5 Å². The fraction of sp³-hybridized carbons (Fsp3) is 0.786. The van der Waals surface area contributed by atoms with E-state index in [0.717, 1.165) is 18.8 Å². The van der Waals surface area contributed by atoms with Crippen LogP contribution < -0.4 is 10.6 Å². The molecule has 7 heteroatoms. The first-order valence-corrected chi connectivity index (χ1v) is 7.38. The largest absolute Gasteiger partial charge is 0.480 e. The number of rotatable bonds is 7. The van der Waals surface area contributed by atoms with E-state index in [2.05, 4.69) is 22.3 Å². The zero-order chi connectivity index (χ0) is 15.7. The van der Waals surface area contributed by atoms with Crippen LogP contribution in [0.1, 0.15) is 39.0 Å². The molecule has 1 aliphatic rings. The van der Waals surface area contributed by atoms with Crippen molar-refractivity contribution in [3.63, 3.8) is 0 Å². The van der Waals surface area contributed by atoms with E-state index in [-0.39, 0.29) is 0 Å². The van der Waals surface area contributed by atoms with Crippen LogP contribution in [-0.4, -0.2) is 42.8 Å². The number of carboxylic acids is 1. The summed E-state index contributed by atoms with van der Waals surface area (Å²) >= 11 is 0. The van der Waals surface area contributed by atoms with Crippen LogP contribution in [0.5, 0.6) is 0 Å². The first-order chi connectivity index (χ1) is 10.0. The van der Waals surface area contributed by atoms with Gasteiger partial charge < -0.3 is 15.2 Å². The van der Waals surface area contributed by atoms with E-state index in [1.54, 1.807) is 0 Å². The highest BCUT2D eigenvalue weighted by Gasteiger charge is 2.20. The van der Waals surface area contributed by atoms with Crippen LogP contribution in [-0.2, 0) is 14.3 Å². The zero-order valence-electron chi connectivity index (χ0n) is 12.4. The second kappa shape index (κ2) is 9.33. The SMILES string of the molecule is CCC1CCC(CNC(=O)NC(=O)COCC(=O)O)CC1. The first-order valence-electron chi connectivity index (χ1n) is 7.38. The number of hydrogen-bond donors (Lipinski definition) is 3. The molecular formula is C14H24N2O5.